The van der Waals surface area contributed by atoms with Crippen LogP contribution in [0.1, 0.15) is 27.2 Å². The van der Waals surface area contributed by atoms with E-state index >= 15 is 0 Å². The molecule has 17 heavy (non-hydrogen) atoms. The lowest BCUT2D eigenvalue weighted by Gasteiger charge is -2.33. The summed E-state index contributed by atoms with van der Waals surface area (Å²) in [6.45, 7) is 7.05. The van der Waals surface area contributed by atoms with Crippen molar-refractivity contribution in [1.29, 1.82) is 5.26 Å². The first-order chi connectivity index (χ1) is 7.81. The van der Waals surface area contributed by atoms with Gasteiger partial charge in [0.1, 0.15) is 5.60 Å². The molecule has 0 unspecified atom stereocenters. The summed E-state index contributed by atoms with van der Waals surface area (Å²) in [5.41, 5.74) is -0.502. The molecule has 96 valence electrons. The lowest BCUT2D eigenvalue weighted by Crippen LogP contribution is -2.50. The molecule has 0 radical (unpaired) electrons. The van der Waals surface area contributed by atoms with Crippen LogP contribution >= 0.6 is 0 Å². The minimum atomic E-state index is -0.502. The van der Waals surface area contributed by atoms with Crippen LogP contribution in [0.4, 0.5) is 4.79 Å². The van der Waals surface area contributed by atoms with Crippen LogP contribution in [0.5, 0.6) is 0 Å². The molecule has 0 spiro atoms. The lowest BCUT2D eigenvalue weighted by atomic mass is 9.94. The average Bonchev–Trinajstić information content (AvgIpc) is 2.17. The van der Waals surface area contributed by atoms with Crippen LogP contribution in [0, 0.1) is 17.2 Å². The Morgan fingerprint density at radius 1 is 1.53 bits per heavy atom. The SMILES string of the molecule is CN1CC[C@@H](NC(=O)OC(C)(C)C)[C@H](C#N)C1. The number of carbonyl (C=O) groups excluding carboxylic acids is 1. The molecule has 0 saturated carbocycles. The maximum Gasteiger partial charge on any atom is 0.407 e. The number of nitrogens with one attached hydrogen (secondary N) is 1. The van der Waals surface area contributed by atoms with Gasteiger partial charge >= 0.3 is 6.09 Å². The number of carbonyl (C=O) groups is 1. The number of rotatable bonds is 1. The van der Waals surface area contributed by atoms with E-state index in [2.05, 4.69) is 16.3 Å². The molecule has 1 fully saturated rings. The molecule has 1 rings (SSSR count). The standard InChI is InChI=1S/C12H21N3O2/c1-12(2,3)17-11(16)14-10-5-6-15(4)8-9(10)7-13/h9-10H,5-6,8H2,1-4H3,(H,14,16)/t9-,10-/m1/s1. The minimum absolute atomic E-state index is 0.106. The molecule has 0 aliphatic carbocycles. The summed E-state index contributed by atoms with van der Waals surface area (Å²) in [7, 11) is 1.98. The van der Waals surface area contributed by atoms with Gasteiger partial charge in [-0.3, -0.25) is 0 Å². The van der Waals surface area contributed by atoms with E-state index in [-0.39, 0.29) is 12.0 Å². The Hall–Kier alpha value is -1.28. The maximum atomic E-state index is 11.6. The van der Waals surface area contributed by atoms with Crippen LogP contribution < -0.4 is 5.32 Å². The molecule has 1 heterocycles. The molecule has 5 nitrogen and oxygen atoms in total. The van der Waals surface area contributed by atoms with Crippen molar-refractivity contribution in [3.05, 3.63) is 0 Å². The Labute approximate surface area is 103 Å². The first-order valence-electron chi connectivity index (χ1n) is 5.89. The fourth-order valence-corrected chi connectivity index (χ4v) is 1.88. The van der Waals surface area contributed by atoms with Gasteiger partial charge in [-0.25, -0.2) is 4.79 Å². The topological polar surface area (TPSA) is 65.4 Å². The van der Waals surface area contributed by atoms with Crippen molar-refractivity contribution in [2.75, 3.05) is 20.1 Å². The van der Waals surface area contributed by atoms with Gasteiger partial charge in [0.05, 0.1) is 18.0 Å². The molecule has 1 saturated heterocycles. The monoisotopic (exact) mass is 239 g/mol. The molecule has 1 aliphatic rings. The molecule has 0 aromatic rings. The predicted octanol–water partition coefficient (Wildman–Crippen LogP) is 1.35. The zero-order valence-corrected chi connectivity index (χ0v) is 11.0. The molecule has 1 N–H and O–H groups in total. The number of hydrogen-bond donors (Lipinski definition) is 1. The number of ether oxygens (including phenoxy) is 1. The Kier molecular flexibility index (Phi) is 4.35. The van der Waals surface area contributed by atoms with E-state index in [0.717, 1.165) is 13.0 Å². The highest BCUT2D eigenvalue weighted by molar-refractivity contribution is 5.68. The molecular weight excluding hydrogens is 218 g/mol. The highest BCUT2D eigenvalue weighted by Crippen LogP contribution is 2.16. The minimum Gasteiger partial charge on any atom is -0.444 e. The van der Waals surface area contributed by atoms with E-state index in [1.54, 1.807) is 0 Å². The van der Waals surface area contributed by atoms with Crippen molar-refractivity contribution in [3.63, 3.8) is 0 Å². The number of hydrogen-bond acceptors (Lipinski definition) is 4. The van der Waals surface area contributed by atoms with Crippen LogP contribution in [0.2, 0.25) is 0 Å². The normalized spacial score (nSPS) is 26.1. The second kappa shape index (κ2) is 5.37. The Morgan fingerprint density at radius 3 is 2.71 bits per heavy atom. The van der Waals surface area contributed by atoms with Gasteiger partial charge in [0.2, 0.25) is 0 Å². The van der Waals surface area contributed by atoms with Crippen LogP contribution in [0.3, 0.4) is 0 Å². The van der Waals surface area contributed by atoms with E-state index < -0.39 is 11.7 Å². The van der Waals surface area contributed by atoms with E-state index in [1.807, 2.05) is 27.8 Å². The maximum absolute atomic E-state index is 11.6. The number of likely N-dealkylation sites (tertiary alicyclic amines) is 1. The lowest BCUT2D eigenvalue weighted by molar-refractivity contribution is 0.0465. The van der Waals surface area contributed by atoms with Crippen molar-refractivity contribution < 1.29 is 9.53 Å². The number of amides is 1. The first-order valence-corrected chi connectivity index (χ1v) is 5.89. The fraction of sp³-hybridized carbons (Fsp3) is 0.833. The summed E-state index contributed by atoms with van der Waals surface area (Å²) in [6.07, 6.45) is 0.348. The number of alkyl carbamates (subject to hydrolysis) is 1. The molecule has 1 amide bonds. The van der Waals surface area contributed by atoms with Crippen LogP contribution in [-0.4, -0.2) is 42.8 Å². The van der Waals surface area contributed by atoms with E-state index in [0.29, 0.717) is 6.54 Å². The van der Waals surface area contributed by atoms with Gasteiger partial charge in [-0.1, -0.05) is 0 Å². The van der Waals surface area contributed by atoms with Crippen molar-refractivity contribution in [3.8, 4) is 6.07 Å². The van der Waals surface area contributed by atoms with E-state index in [4.69, 9.17) is 10.00 Å². The molecule has 2 atom stereocenters. The third kappa shape index (κ3) is 4.61. The third-order valence-corrected chi connectivity index (χ3v) is 2.68. The summed E-state index contributed by atoms with van der Waals surface area (Å²) in [6, 6.07) is 2.14. The molecule has 0 aromatic carbocycles. The summed E-state index contributed by atoms with van der Waals surface area (Å²) in [5, 5.41) is 11.8. The average molecular weight is 239 g/mol. The van der Waals surface area contributed by atoms with Crippen molar-refractivity contribution >= 4 is 6.09 Å². The van der Waals surface area contributed by atoms with Crippen molar-refractivity contribution in [2.24, 2.45) is 5.92 Å². The predicted molar refractivity (Wildman–Crippen MR) is 64.4 cm³/mol. The quantitative estimate of drug-likeness (QED) is 0.750. The zero-order valence-electron chi connectivity index (χ0n) is 11.0. The van der Waals surface area contributed by atoms with Gasteiger partial charge in [-0.2, -0.15) is 5.26 Å². The highest BCUT2D eigenvalue weighted by atomic mass is 16.6. The second-order valence-electron chi connectivity index (χ2n) is 5.54. The number of nitriles is 1. The van der Waals surface area contributed by atoms with Gasteiger partial charge in [0.15, 0.2) is 0 Å². The first kappa shape index (κ1) is 13.8. The second-order valence-corrected chi connectivity index (χ2v) is 5.54. The van der Waals surface area contributed by atoms with Gasteiger partial charge in [-0.05, 0) is 40.8 Å². The van der Waals surface area contributed by atoms with E-state index in [9.17, 15) is 4.79 Å². The zero-order chi connectivity index (χ0) is 13.1. The molecular formula is C12H21N3O2. The number of piperidine rings is 1. The largest absolute Gasteiger partial charge is 0.444 e. The van der Waals surface area contributed by atoms with Gasteiger partial charge in [0, 0.05) is 6.54 Å². The summed E-state index contributed by atoms with van der Waals surface area (Å²) in [4.78, 5) is 13.7. The molecule has 0 bridgehead atoms. The van der Waals surface area contributed by atoms with Crippen LogP contribution in [0.25, 0.3) is 0 Å². The summed E-state index contributed by atoms with van der Waals surface area (Å²) < 4.78 is 5.19. The third-order valence-electron chi connectivity index (χ3n) is 2.68. The summed E-state index contributed by atoms with van der Waals surface area (Å²) in [5.74, 6) is -0.165. The fourth-order valence-electron chi connectivity index (χ4n) is 1.88. The molecule has 0 aromatic heterocycles. The van der Waals surface area contributed by atoms with Crippen molar-refractivity contribution in [1.82, 2.24) is 10.2 Å². The Balaban J connectivity index is 2.50. The van der Waals surface area contributed by atoms with Crippen LogP contribution in [-0.2, 0) is 4.74 Å². The van der Waals surface area contributed by atoms with Gasteiger partial charge in [-0.15, -0.1) is 0 Å². The molecule has 5 heteroatoms. The van der Waals surface area contributed by atoms with E-state index in [1.165, 1.54) is 0 Å². The Bertz CT molecular complexity index is 317. The highest BCUT2D eigenvalue weighted by Gasteiger charge is 2.30. The van der Waals surface area contributed by atoms with Crippen molar-refractivity contribution in [2.45, 2.75) is 38.8 Å². The van der Waals surface area contributed by atoms with Gasteiger partial charge in [0.25, 0.3) is 0 Å². The molecule has 1 aliphatic heterocycles. The van der Waals surface area contributed by atoms with Crippen LogP contribution in [0.15, 0.2) is 0 Å². The summed E-state index contributed by atoms with van der Waals surface area (Å²) >= 11 is 0. The van der Waals surface area contributed by atoms with Gasteiger partial charge < -0.3 is 15.0 Å². The smallest absolute Gasteiger partial charge is 0.407 e. The Morgan fingerprint density at radius 2 is 2.18 bits per heavy atom. The number of nitrogens with zero attached hydrogens (tertiary/aromatic N) is 2.